The van der Waals surface area contributed by atoms with Crippen molar-refractivity contribution >= 4 is 18.4 Å². The van der Waals surface area contributed by atoms with E-state index in [-0.39, 0.29) is 12.3 Å². The van der Waals surface area contributed by atoms with Gasteiger partial charge in [-0.3, -0.25) is 14.7 Å². The fraction of sp³-hybridized carbons (Fsp3) is 0.200. The summed E-state index contributed by atoms with van der Waals surface area (Å²) in [5, 5.41) is 21.6. The van der Waals surface area contributed by atoms with Gasteiger partial charge in [0.15, 0.2) is 5.85 Å². The first-order chi connectivity index (χ1) is 10.5. The molecule has 6 nitrogen and oxygen atoms in total. The maximum Gasteiger partial charge on any atom is 0.269 e. The van der Waals surface area contributed by atoms with Gasteiger partial charge < -0.3 is 9.63 Å². The number of nitro benzene ring substituents is 1. The Balaban J connectivity index is 2.40. The highest BCUT2D eigenvalue weighted by molar-refractivity contribution is 7.67. The lowest BCUT2D eigenvalue weighted by Crippen LogP contribution is -2.14. The molecule has 2 atom stereocenters. The number of aliphatic hydroxyl groups is 1. The number of nitro groups is 1. The molecule has 2 aromatic rings. The van der Waals surface area contributed by atoms with Crippen molar-refractivity contribution < 1.29 is 19.1 Å². The van der Waals surface area contributed by atoms with Crippen LogP contribution in [0.3, 0.4) is 0 Å². The van der Waals surface area contributed by atoms with E-state index in [2.05, 4.69) is 0 Å². The second-order valence-corrected chi connectivity index (χ2v) is 7.03. The normalized spacial score (nSPS) is 15.0. The van der Waals surface area contributed by atoms with Crippen molar-refractivity contribution in [3.63, 3.8) is 0 Å². The molecule has 0 radical (unpaired) electrons. The molecule has 0 aliphatic heterocycles. The van der Waals surface area contributed by atoms with Gasteiger partial charge in [-0.1, -0.05) is 18.2 Å². The molecule has 2 aromatic carbocycles. The summed E-state index contributed by atoms with van der Waals surface area (Å²) in [4.78, 5) is 10.1. The average molecular weight is 321 g/mol. The minimum atomic E-state index is -3.54. The number of benzene rings is 2. The summed E-state index contributed by atoms with van der Waals surface area (Å²) in [6.45, 7) is 1.87. The number of rotatable bonds is 6. The van der Waals surface area contributed by atoms with E-state index in [1.54, 1.807) is 37.3 Å². The van der Waals surface area contributed by atoms with Crippen LogP contribution >= 0.6 is 7.37 Å². The van der Waals surface area contributed by atoms with Gasteiger partial charge in [-0.25, -0.2) is 0 Å². The van der Waals surface area contributed by atoms with Crippen LogP contribution in [0, 0.1) is 10.1 Å². The van der Waals surface area contributed by atoms with Gasteiger partial charge in [0.1, 0.15) is 0 Å². The Kier molecular flexibility index (Phi) is 5.08. The molecular weight excluding hydrogens is 305 g/mol. The molecule has 0 spiro atoms. The Hall–Kier alpha value is -2.01. The summed E-state index contributed by atoms with van der Waals surface area (Å²) in [5.41, 5.74) is 0.216. The molecule has 0 amide bonds. The highest BCUT2D eigenvalue weighted by atomic mass is 31.2. The quantitative estimate of drug-likeness (QED) is 0.501. The lowest BCUT2D eigenvalue weighted by Gasteiger charge is -2.23. The van der Waals surface area contributed by atoms with E-state index in [9.17, 15) is 19.8 Å². The third kappa shape index (κ3) is 3.25. The molecule has 0 unspecified atom stereocenters. The molecule has 116 valence electrons. The van der Waals surface area contributed by atoms with E-state index in [4.69, 9.17) is 4.52 Å². The number of hydrogen-bond donors (Lipinski definition) is 1. The van der Waals surface area contributed by atoms with E-state index < -0.39 is 18.1 Å². The molecule has 0 aliphatic rings. The maximum absolute atomic E-state index is 13.1. The van der Waals surface area contributed by atoms with Crippen molar-refractivity contribution in [2.24, 2.45) is 0 Å². The Morgan fingerprint density at radius 1 is 1.18 bits per heavy atom. The lowest BCUT2D eigenvalue weighted by molar-refractivity contribution is -0.384. The Morgan fingerprint density at radius 3 is 2.27 bits per heavy atom. The lowest BCUT2D eigenvalue weighted by atomic mass is 10.2. The van der Waals surface area contributed by atoms with Crippen LogP contribution in [0.15, 0.2) is 54.6 Å². The topological polar surface area (TPSA) is 89.7 Å². The van der Waals surface area contributed by atoms with E-state index >= 15 is 0 Å². The molecule has 7 heteroatoms. The first kappa shape index (κ1) is 16.4. The van der Waals surface area contributed by atoms with Crippen LogP contribution in [-0.4, -0.2) is 16.6 Å². The van der Waals surface area contributed by atoms with Crippen LogP contribution < -0.4 is 5.30 Å². The van der Waals surface area contributed by atoms with Crippen LogP contribution in [0.25, 0.3) is 0 Å². The average Bonchev–Trinajstić information content (AvgIpc) is 2.55. The predicted molar refractivity (Wildman–Crippen MR) is 83.4 cm³/mol. The zero-order valence-electron chi connectivity index (χ0n) is 12.0. The smallest absolute Gasteiger partial charge is 0.269 e. The fourth-order valence-corrected chi connectivity index (χ4v) is 4.19. The molecule has 0 saturated heterocycles. The van der Waals surface area contributed by atoms with Gasteiger partial charge in [0, 0.05) is 17.4 Å². The van der Waals surface area contributed by atoms with Crippen molar-refractivity contribution in [2.45, 2.75) is 12.8 Å². The van der Waals surface area contributed by atoms with Gasteiger partial charge in [0.05, 0.1) is 11.5 Å². The van der Waals surface area contributed by atoms with Crippen LogP contribution in [0.2, 0.25) is 0 Å². The highest BCUT2D eigenvalue weighted by Crippen LogP contribution is 2.57. The Bertz CT molecular complexity index is 687. The Morgan fingerprint density at radius 2 is 1.77 bits per heavy atom. The zero-order chi connectivity index (χ0) is 16.2. The van der Waals surface area contributed by atoms with Crippen LogP contribution in [0.1, 0.15) is 18.3 Å². The SMILES string of the molecule is CCO[P@](=O)(c1ccccc1)[C@H](O)c1ccc([N+](=O)[O-])cc1. The highest BCUT2D eigenvalue weighted by Gasteiger charge is 2.36. The number of non-ortho nitro benzene ring substituents is 1. The molecule has 0 aliphatic carbocycles. The van der Waals surface area contributed by atoms with Gasteiger partial charge in [0.2, 0.25) is 0 Å². The second kappa shape index (κ2) is 6.83. The van der Waals surface area contributed by atoms with Gasteiger partial charge in [-0.05, 0) is 36.8 Å². The van der Waals surface area contributed by atoms with Gasteiger partial charge >= 0.3 is 0 Å². The summed E-state index contributed by atoms with van der Waals surface area (Å²) in [6.07, 6.45) is 0. The summed E-state index contributed by atoms with van der Waals surface area (Å²) in [6, 6.07) is 13.8. The number of nitrogens with zero attached hydrogens (tertiary/aromatic N) is 1. The molecule has 0 heterocycles. The zero-order valence-corrected chi connectivity index (χ0v) is 12.8. The van der Waals surface area contributed by atoms with E-state index in [0.29, 0.717) is 10.9 Å². The van der Waals surface area contributed by atoms with E-state index in [1.165, 1.54) is 24.3 Å². The summed E-state index contributed by atoms with van der Waals surface area (Å²) in [5.74, 6) is -1.38. The third-order valence-electron chi connectivity index (χ3n) is 3.16. The second-order valence-electron chi connectivity index (χ2n) is 4.57. The van der Waals surface area contributed by atoms with Crippen molar-refractivity contribution in [1.29, 1.82) is 0 Å². The fourth-order valence-electron chi connectivity index (χ4n) is 2.08. The molecule has 0 saturated carbocycles. The Labute approximate surface area is 128 Å². The van der Waals surface area contributed by atoms with Gasteiger partial charge in [-0.2, -0.15) is 0 Å². The molecule has 0 aromatic heterocycles. The summed E-state index contributed by atoms with van der Waals surface area (Å²) >= 11 is 0. The predicted octanol–water partition coefficient (Wildman–Crippen LogP) is 3.23. The molecular formula is C15H16NO5P. The van der Waals surface area contributed by atoms with E-state index in [0.717, 1.165) is 0 Å². The van der Waals surface area contributed by atoms with Crippen molar-refractivity contribution in [2.75, 3.05) is 6.61 Å². The summed E-state index contributed by atoms with van der Waals surface area (Å²) < 4.78 is 18.5. The maximum atomic E-state index is 13.1. The minimum absolute atomic E-state index is 0.0955. The van der Waals surface area contributed by atoms with E-state index in [1.807, 2.05) is 0 Å². The van der Waals surface area contributed by atoms with Crippen molar-refractivity contribution in [3.8, 4) is 0 Å². The van der Waals surface area contributed by atoms with Crippen molar-refractivity contribution in [1.82, 2.24) is 0 Å². The first-order valence-corrected chi connectivity index (χ1v) is 8.40. The van der Waals surface area contributed by atoms with Crippen LogP contribution in [0.5, 0.6) is 0 Å². The molecule has 2 rings (SSSR count). The number of aliphatic hydroxyl groups excluding tert-OH is 1. The number of hydrogen-bond acceptors (Lipinski definition) is 5. The molecule has 1 N–H and O–H groups in total. The summed E-state index contributed by atoms with van der Waals surface area (Å²) in [7, 11) is -3.54. The van der Waals surface area contributed by atoms with Gasteiger partial charge in [-0.15, -0.1) is 0 Å². The van der Waals surface area contributed by atoms with Crippen LogP contribution in [-0.2, 0) is 9.09 Å². The van der Waals surface area contributed by atoms with Crippen molar-refractivity contribution in [3.05, 3.63) is 70.3 Å². The molecule has 22 heavy (non-hydrogen) atoms. The minimum Gasteiger partial charge on any atom is -0.378 e. The largest absolute Gasteiger partial charge is 0.378 e. The third-order valence-corrected chi connectivity index (χ3v) is 5.76. The monoisotopic (exact) mass is 321 g/mol. The van der Waals surface area contributed by atoms with Crippen LogP contribution in [0.4, 0.5) is 5.69 Å². The molecule has 0 bridgehead atoms. The molecule has 0 fully saturated rings. The standard InChI is InChI=1S/C15H16NO5P/c1-2-21-22(20,14-6-4-3-5-7-14)15(17)12-8-10-13(11-9-12)16(18)19/h3-11,15,17H,2H2,1H3/t15-,22+/m0/s1. The first-order valence-electron chi connectivity index (χ1n) is 6.71. The van der Waals surface area contributed by atoms with Gasteiger partial charge in [0.25, 0.3) is 13.1 Å².